The van der Waals surface area contributed by atoms with Gasteiger partial charge in [-0.3, -0.25) is 4.79 Å². The summed E-state index contributed by atoms with van der Waals surface area (Å²) in [5, 5.41) is 17.8. The van der Waals surface area contributed by atoms with E-state index in [9.17, 15) is 4.79 Å². The summed E-state index contributed by atoms with van der Waals surface area (Å²) in [7, 11) is 0. The van der Waals surface area contributed by atoms with Crippen LogP contribution in [0.3, 0.4) is 0 Å². The van der Waals surface area contributed by atoms with E-state index < -0.39 is 5.91 Å². The summed E-state index contributed by atoms with van der Waals surface area (Å²) in [5.41, 5.74) is 0.713. The number of amides is 1. The highest BCUT2D eigenvalue weighted by molar-refractivity contribution is 5.89. The van der Waals surface area contributed by atoms with Crippen molar-refractivity contribution in [2.75, 3.05) is 13.2 Å². The second-order valence-corrected chi connectivity index (χ2v) is 3.92. The largest absolute Gasteiger partial charge is 0.481 e. The molecule has 0 radical (unpaired) electrons. The van der Waals surface area contributed by atoms with E-state index in [2.05, 4.69) is 31.6 Å². The molecule has 2 aromatic rings. The van der Waals surface area contributed by atoms with Crippen molar-refractivity contribution in [3.63, 3.8) is 0 Å². The number of hydrogen-bond donors (Lipinski definition) is 1. The number of rotatable bonds is 5. The maximum absolute atomic E-state index is 11.5. The number of carbonyl (C=O) groups is 1. The Balaban J connectivity index is 2.11. The van der Waals surface area contributed by atoms with E-state index in [1.807, 2.05) is 0 Å². The third-order valence-corrected chi connectivity index (χ3v) is 2.45. The van der Waals surface area contributed by atoms with Gasteiger partial charge in [0.1, 0.15) is 12.4 Å². The minimum absolute atomic E-state index is 0.0606. The fraction of sp³-hybridized carbons (Fsp3) is 0.214. The quantitative estimate of drug-likeness (QED) is 0.812. The standard InChI is InChI=1S/C14H13N5O2/c1-3-9-21-11-7-5-10(6-8-11)12-16-18-13(19-17-12)14(20)15-4-2/h1,5-8H,4,9H2,2H3,(H,15,20). The second-order valence-electron chi connectivity index (χ2n) is 3.92. The van der Waals surface area contributed by atoms with E-state index in [1.54, 1.807) is 31.2 Å². The molecule has 0 aliphatic rings. The van der Waals surface area contributed by atoms with Gasteiger partial charge in [-0.1, -0.05) is 5.92 Å². The van der Waals surface area contributed by atoms with Gasteiger partial charge >= 0.3 is 0 Å². The molecule has 0 bridgehead atoms. The molecule has 106 valence electrons. The molecule has 0 unspecified atom stereocenters. The van der Waals surface area contributed by atoms with Crippen LogP contribution in [0.2, 0.25) is 0 Å². The molecule has 0 aliphatic carbocycles. The minimum Gasteiger partial charge on any atom is -0.481 e. The zero-order valence-electron chi connectivity index (χ0n) is 11.4. The van der Waals surface area contributed by atoms with Crippen molar-refractivity contribution < 1.29 is 9.53 Å². The molecular formula is C14H13N5O2. The second kappa shape index (κ2) is 6.96. The molecule has 0 aliphatic heterocycles. The highest BCUT2D eigenvalue weighted by atomic mass is 16.5. The van der Waals surface area contributed by atoms with Gasteiger partial charge in [0.05, 0.1) is 0 Å². The van der Waals surface area contributed by atoms with E-state index in [0.717, 1.165) is 0 Å². The van der Waals surface area contributed by atoms with Crippen molar-refractivity contribution >= 4 is 5.91 Å². The molecule has 7 heteroatoms. The lowest BCUT2D eigenvalue weighted by molar-refractivity contribution is 0.0943. The predicted octanol–water partition coefficient (Wildman–Crippen LogP) is 0.695. The number of nitrogens with one attached hydrogen (secondary N) is 1. The van der Waals surface area contributed by atoms with Crippen LogP contribution < -0.4 is 10.1 Å². The summed E-state index contributed by atoms with van der Waals surface area (Å²) < 4.78 is 5.26. The van der Waals surface area contributed by atoms with Gasteiger partial charge in [0, 0.05) is 12.1 Å². The van der Waals surface area contributed by atoms with E-state index in [4.69, 9.17) is 11.2 Å². The Kier molecular flexibility index (Phi) is 4.77. The molecule has 0 spiro atoms. The molecule has 1 N–H and O–H groups in total. The van der Waals surface area contributed by atoms with Crippen LogP contribution in [0, 0.1) is 12.3 Å². The van der Waals surface area contributed by atoms with Gasteiger partial charge in [-0.25, -0.2) is 0 Å². The van der Waals surface area contributed by atoms with E-state index in [-0.39, 0.29) is 12.4 Å². The molecule has 1 aromatic carbocycles. The average Bonchev–Trinajstić information content (AvgIpc) is 2.54. The molecule has 0 fully saturated rings. The van der Waals surface area contributed by atoms with Crippen LogP contribution in [0.1, 0.15) is 17.5 Å². The molecule has 2 rings (SSSR count). The predicted molar refractivity (Wildman–Crippen MR) is 75.4 cm³/mol. The fourth-order valence-corrected chi connectivity index (χ4v) is 1.50. The highest BCUT2D eigenvalue weighted by Crippen LogP contribution is 2.18. The topological polar surface area (TPSA) is 89.9 Å². The van der Waals surface area contributed by atoms with Crippen molar-refractivity contribution in [2.45, 2.75) is 6.92 Å². The third kappa shape index (κ3) is 3.73. The average molecular weight is 283 g/mol. The molecule has 1 amide bonds. The van der Waals surface area contributed by atoms with Gasteiger partial charge in [0.2, 0.25) is 5.82 Å². The zero-order chi connectivity index (χ0) is 15.1. The molecule has 7 nitrogen and oxygen atoms in total. The molecule has 0 saturated heterocycles. The monoisotopic (exact) mass is 283 g/mol. The number of aromatic nitrogens is 4. The normalized spacial score (nSPS) is 9.71. The van der Waals surface area contributed by atoms with Gasteiger partial charge in [-0.15, -0.1) is 26.8 Å². The number of nitrogens with zero attached hydrogens (tertiary/aromatic N) is 4. The van der Waals surface area contributed by atoms with Crippen LogP contribution in [0.5, 0.6) is 5.75 Å². The van der Waals surface area contributed by atoms with Crippen molar-refractivity contribution in [1.82, 2.24) is 25.7 Å². The first-order valence-electron chi connectivity index (χ1n) is 6.27. The summed E-state index contributed by atoms with van der Waals surface area (Å²) >= 11 is 0. The third-order valence-electron chi connectivity index (χ3n) is 2.45. The summed E-state index contributed by atoms with van der Waals surface area (Å²) in [6, 6.07) is 7.01. The van der Waals surface area contributed by atoms with Gasteiger partial charge in [0.25, 0.3) is 11.7 Å². The van der Waals surface area contributed by atoms with Crippen LogP contribution in [0.15, 0.2) is 24.3 Å². The van der Waals surface area contributed by atoms with Crippen LogP contribution in [0.25, 0.3) is 11.4 Å². The number of carbonyl (C=O) groups excluding carboxylic acids is 1. The zero-order valence-corrected chi connectivity index (χ0v) is 11.4. The van der Waals surface area contributed by atoms with Crippen molar-refractivity contribution in [3.8, 4) is 29.5 Å². The first kappa shape index (κ1) is 14.4. The van der Waals surface area contributed by atoms with Crippen molar-refractivity contribution in [3.05, 3.63) is 30.1 Å². The Morgan fingerprint density at radius 2 is 1.90 bits per heavy atom. The van der Waals surface area contributed by atoms with Gasteiger partial charge in [-0.2, -0.15) is 0 Å². The van der Waals surface area contributed by atoms with Crippen LogP contribution in [0.4, 0.5) is 0 Å². The SMILES string of the molecule is C#CCOc1ccc(-c2nnc(C(=O)NCC)nn2)cc1. The number of ether oxygens (including phenoxy) is 1. The number of hydrogen-bond acceptors (Lipinski definition) is 6. The number of terminal acetylenes is 1. The van der Waals surface area contributed by atoms with E-state index in [1.165, 1.54) is 0 Å². The minimum atomic E-state index is -0.401. The lowest BCUT2D eigenvalue weighted by Gasteiger charge is -2.03. The lowest BCUT2D eigenvalue weighted by atomic mass is 10.2. The van der Waals surface area contributed by atoms with Gasteiger partial charge in [-0.05, 0) is 31.2 Å². The Hall–Kier alpha value is -3.01. The van der Waals surface area contributed by atoms with Crippen molar-refractivity contribution in [2.24, 2.45) is 0 Å². The summed E-state index contributed by atoms with van der Waals surface area (Å²) in [4.78, 5) is 11.5. The van der Waals surface area contributed by atoms with E-state index in [0.29, 0.717) is 23.7 Å². The molecule has 1 heterocycles. The molecule has 0 saturated carbocycles. The maximum Gasteiger partial charge on any atom is 0.292 e. The smallest absolute Gasteiger partial charge is 0.292 e. The maximum atomic E-state index is 11.5. The first-order valence-corrected chi connectivity index (χ1v) is 6.27. The van der Waals surface area contributed by atoms with Crippen molar-refractivity contribution in [1.29, 1.82) is 0 Å². The first-order chi connectivity index (χ1) is 10.2. The van der Waals surface area contributed by atoms with E-state index >= 15 is 0 Å². The highest BCUT2D eigenvalue weighted by Gasteiger charge is 2.10. The Labute approximate surface area is 121 Å². The Morgan fingerprint density at radius 3 is 2.48 bits per heavy atom. The summed E-state index contributed by atoms with van der Waals surface area (Å²) in [5.74, 6) is 2.90. The van der Waals surface area contributed by atoms with Crippen LogP contribution in [-0.2, 0) is 0 Å². The van der Waals surface area contributed by atoms with Crippen LogP contribution >= 0.6 is 0 Å². The Morgan fingerprint density at radius 1 is 1.24 bits per heavy atom. The molecule has 0 atom stereocenters. The van der Waals surface area contributed by atoms with Gasteiger partial charge in [0.15, 0.2) is 0 Å². The molecule has 21 heavy (non-hydrogen) atoms. The lowest BCUT2D eigenvalue weighted by Crippen LogP contribution is -2.25. The summed E-state index contributed by atoms with van der Waals surface area (Å²) in [6.07, 6.45) is 5.11. The van der Waals surface area contributed by atoms with Crippen LogP contribution in [-0.4, -0.2) is 39.5 Å². The Bertz CT molecular complexity index is 647. The number of benzene rings is 1. The molecular weight excluding hydrogens is 270 g/mol. The van der Waals surface area contributed by atoms with Gasteiger partial charge < -0.3 is 10.1 Å². The fourth-order valence-electron chi connectivity index (χ4n) is 1.50. The molecule has 1 aromatic heterocycles. The summed E-state index contributed by atoms with van der Waals surface area (Å²) in [6.45, 7) is 2.50.